The van der Waals surface area contributed by atoms with Gasteiger partial charge in [-0.2, -0.15) is 0 Å². The molecular weight excluding hydrogens is 896 g/mol. The molecule has 0 aromatic heterocycles. The van der Waals surface area contributed by atoms with Crippen LogP contribution in [-0.2, 0) is 0 Å². The van der Waals surface area contributed by atoms with Crippen LogP contribution < -0.4 is 9.47 Å². The van der Waals surface area contributed by atoms with Crippen molar-refractivity contribution in [1.82, 2.24) is 0 Å². The Labute approximate surface area is 335 Å². The SMILES string of the molecule is CCCCCCOc1ccc2c(Br)c(OCCCCCC)ccc2c1Br.CCCCCCSc1cc(Br)c(SCCCCCC)cc1Br. The highest BCUT2D eigenvalue weighted by atomic mass is 79.9. The van der Waals surface area contributed by atoms with Crippen LogP contribution in [0.2, 0.25) is 0 Å². The number of halogens is 4. The van der Waals surface area contributed by atoms with Gasteiger partial charge < -0.3 is 9.47 Å². The fourth-order valence-corrected chi connectivity index (χ4v) is 9.88. The van der Waals surface area contributed by atoms with E-state index in [0.717, 1.165) is 57.3 Å². The van der Waals surface area contributed by atoms with Crippen molar-refractivity contribution in [2.45, 2.75) is 140 Å². The van der Waals surface area contributed by atoms with Gasteiger partial charge in [0.05, 0.1) is 22.2 Å². The number of unbranched alkanes of at least 4 members (excludes halogenated alkanes) is 12. The molecule has 0 saturated carbocycles. The maximum atomic E-state index is 5.97. The van der Waals surface area contributed by atoms with Crippen molar-refractivity contribution >= 4 is 98.0 Å². The highest BCUT2D eigenvalue weighted by Gasteiger charge is 2.12. The second kappa shape index (κ2) is 27.7. The Kier molecular flexibility index (Phi) is 25.6. The molecule has 0 aliphatic carbocycles. The van der Waals surface area contributed by atoms with E-state index in [0.29, 0.717) is 0 Å². The average molecular weight is 955 g/mol. The summed E-state index contributed by atoms with van der Waals surface area (Å²) in [6, 6.07) is 12.9. The molecule has 0 fully saturated rings. The van der Waals surface area contributed by atoms with Gasteiger partial charge in [0.1, 0.15) is 11.5 Å². The van der Waals surface area contributed by atoms with E-state index >= 15 is 0 Å². The molecule has 0 atom stereocenters. The van der Waals surface area contributed by atoms with Crippen LogP contribution in [0, 0.1) is 0 Å². The molecule has 3 aromatic carbocycles. The van der Waals surface area contributed by atoms with E-state index in [-0.39, 0.29) is 0 Å². The zero-order valence-electron chi connectivity index (χ0n) is 29.8. The standard InChI is InChI=1S/C22H30Br2O2.C18H28Br2S2/c1-3-5-7-9-15-25-19-13-11-18-17(21(19)23)12-14-20(22(18)24)26-16-10-8-6-4-2;1-3-5-7-9-11-21-17-13-16(20)18(14-15(17)19)22-12-10-8-6-4-2/h11-14H,3-10,15-16H2,1-2H3;13-14H,3-12H2,1-2H3. The zero-order chi connectivity index (χ0) is 35.0. The zero-order valence-corrected chi connectivity index (χ0v) is 37.7. The second-order valence-electron chi connectivity index (χ2n) is 12.2. The monoisotopic (exact) mass is 950 g/mol. The van der Waals surface area contributed by atoms with Gasteiger partial charge in [0.15, 0.2) is 0 Å². The van der Waals surface area contributed by atoms with Gasteiger partial charge in [0, 0.05) is 29.5 Å². The van der Waals surface area contributed by atoms with Crippen LogP contribution in [0.4, 0.5) is 0 Å². The van der Waals surface area contributed by atoms with E-state index in [1.165, 1.54) is 120 Å². The van der Waals surface area contributed by atoms with Gasteiger partial charge in [-0.1, -0.05) is 105 Å². The first-order chi connectivity index (χ1) is 23.4. The number of benzene rings is 3. The smallest absolute Gasteiger partial charge is 0.134 e. The Morgan fingerprint density at radius 3 is 1.17 bits per heavy atom. The van der Waals surface area contributed by atoms with Crippen LogP contribution in [-0.4, -0.2) is 24.7 Å². The molecule has 2 nitrogen and oxygen atoms in total. The molecule has 3 rings (SSSR count). The number of hydrogen-bond donors (Lipinski definition) is 0. The maximum absolute atomic E-state index is 5.97. The highest BCUT2D eigenvalue weighted by molar-refractivity contribution is 9.11. The molecule has 0 bridgehead atoms. The number of rotatable bonds is 24. The molecule has 0 aliphatic rings. The Balaban J connectivity index is 0.000000339. The maximum Gasteiger partial charge on any atom is 0.134 e. The summed E-state index contributed by atoms with van der Waals surface area (Å²) in [7, 11) is 0. The predicted octanol–water partition coefficient (Wildman–Crippen LogP) is 16.8. The van der Waals surface area contributed by atoms with Gasteiger partial charge in [-0.25, -0.2) is 0 Å². The van der Waals surface area contributed by atoms with Gasteiger partial charge in [-0.15, -0.1) is 23.5 Å². The van der Waals surface area contributed by atoms with Crippen molar-refractivity contribution < 1.29 is 9.47 Å². The number of thioether (sulfide) groups is 2. The average Bonchev–Trinajstić information content (AvgIpc) is 3.08. The Bertz CT molecular complexity index is 1210. The summed E-state index contributed by atoms with van der Waals surface area (Å²) in [5, 5.41) is 2.28. The minimum atomic E-state index is 0.768. The van der Waals surface area contributed by atoms with Crippen LogP contribution in [0.1, 0.15) is 130 Å². The first kappa shape index (κ1) is 44.3. The molecule has 270 valence electrons. The van der Waals surface area contributed by atoms with Gasteiger partial charge in [-0.3, -0.25) is 0 Å². The molecule has 0 unspecified atom stereocenters. The van der Waals surface area contributed by atoms with E-state index in [4.69, 9.17) is 9.47 Å². The number of hydrogen-bond acceptors (Lipinski definition) is 4. The summed E-state index contributed by atoms with van der Waals surface area (Å²) in [6.45, 7) is 10.5. The molecule has 0 spiro atoms. The molecule has 3 aromatic rings. The van der Waals surface area contributed by atoms with Crippen molar-refractivity contribution in [2.75, 3.05) is 24.7 Å². The molecule has 0 saturated heterocycles. The lowest BCUT2D eigenvalue weighted by atomic mass is 10.1. The molecule has 0 aliphatic heterocycles. The van der Waals surface area contributed by atoms with E-state index in [1.54, 1.807) is 0 Å². The summed E-state index contributed by atoms with van der Waals surface area (Å²) in [5.41, 5.74) is 0. The molecular formula is C40H58Br4O2S2. The number of fused-ring (bicyclic) bond motifs is 1. The highest BCUT2D eigenvalue weighted by Crippen LogP contribution is 2.41. The summed E-state index contributed by atoms with van der Waals surface area (Å²) in [5.74, 6) is 4.26. The predicted molar refractivity (Wildman–Crippen MR) is 230 cm³/mol. The topological polar surface area (TPSA) is 18.5 Å². The van der Waals surface area contributed by atoms with Crippen molar-refractivity contribution in [3.63, 3.8) is 0 Å². The third kappa shape index (κ3) is 17.1. The Hall–Kier alpha value is 0.140. The van der Waals surface area contributed by atoms with E-state index in [9.17, 15) is 0 Å². The van der Waals surface area contributed by atoms with E-state index in [2.05, 4.69) is 116 Å². The third-order valence-electron chi connectivity index (χ3n) is 8.01. The van der Waals surface area contributed by atoms with Gasteiger partial charge in [0.25, 0.3) is 0 Å². The third-order valence-corrected chi connectivity index (χ3v) is 13.8. The van der Waals surface area contributed by atoms with Crippen LogP contribution >= 0.6 is 87.2 Å². The van der Waals surface area contributed by atoms with Gasteiger partial charge >= 0.3 is 0 Å². The normalized spacial score (nSPS) is 11.1. The second-order valence-corrected chi connectivity index (χ2v) is 17.8. The van der Waals surface area contributed by atoms with Crippen LogP contribution in [0.25, 0.3) is 10.8 Å². The fourth-order valence-electron chi connectivity index (χ4n) is 5.09. The van der Waals surface area contributed by atoms with Crippen LogP contribution in [0.15, 0.2) is 64.1 Å². The lowest BCUT2D eigenvalue weighted by molar-refractivity contribution is 0.303. The van der Waals surface area contributed by atoms with Crippen molar-refractivity contribution in [3.8, 4) is 11.5 Å². The first-order valence-corrected chi connectivity index (χ1v) is 23.4. The van der Waals surface area contributed by atoms with Crippen molar-refractivity contribution in [2.24, 2.45) is 0 Å². The summed E-state index contributed by atoms with van der Waals surface area (Å²) >= 11 is 18.9. The fraction of sp³-hybridized carbons (Fsp3) is 0.600. The minimum absolute atomic E-state index is 0.768. The molecule has 0 radical (unpaired) electrons. The number of ether oxygens (including phenoxy) is 2. The molecule has 0 N–H and O–H groups in total. The first-order valence-electron chi connectivity index (χ1n) is 18.3. The largest absolute Gasteiger partial charge is 0.492 e. The van der Waals surface area contributed by atoms with Crippen LogP contribution in [0.5, 0.6) is 11.5 Å². The lowest BCUT2D eigenvalue weighted by Gasteiger charge is -2.14. The quantitative estimate of drug-likeness (QED) is 0.0658. The molecule has 0 heterocycles. The van der Waals surface area contributed by atoms with Crippen LogP contribution in [0.3, 0.4) is 0 Å². The summed E-state index contributed by atoms with van der Waals surface area (Å²) < 4.78 is 16.5. The minimum Gasteiger partial charge on any atom is -0.492 e. The molecule has 8 heteroatoms. The van der Waals surface area contributed by atoms with E-state index < -0.39 is 0 Å². The molecule has 0 amide bonds. The lowest BCUT2D eigenvalue weighted by Crippen LogP contribution is -1.99. The van der Waals surface area contributed by atoms with Crippen molar-refractivity contribution in [1.29, 1.82) is 0 Å². The van der Waals surface area contributed by atoms with Gasteiger partial charge in [-0.05, 0) is 137 Å². The Morgan fingerprint density at radius 1 is 0.458 bits per heavy atom. The summed E-state index contributed by atoms with van der Waals surface area (Å²) in [4.78, 5) is 2.72. The summed E-state index contributed by atoms with van der Waals surface area (Å²) in [6.07, 6.45) is 20.4. The van der Waals surface area contributed by atoms with Crippen molar-refractivity contribution in [3.05, 3.63) is 54.3 Å². The van der Waals surface area contributed by atoms with Gasteiger partial charge in [0.2, 0.25) is 0 Å². The Morgan fingerprint density at radius 2 is 0.812 bits per heavy atom. The molecule has 48 heavy (non-hydrogen) atoms. The van der Waals surface area contributed by atoms with E-state index in [1.807, 2.05) is 35.7 Å².